The number of nitrogens with zero attached hydrogens (tertiary/aromatic N) is 2. The molecule has 0 saturated carbocycles. The van der Waals surface area contributed by atoms with Crippen molar-refractivity contribution in [2.45, 2.75) is 44.7 Å². The fourth-order valence-electron chi connectivity index (χ4n) is 3.85. The molecule has 0 spiro atoms. The Bertz CT molecular complexity index is 902. The van der Waals surface area contributed by atoms with Crippen LogP contribution in [0.2, 0.25) is 0 Å². The van der Waals surface area contributed by atoms with E-state index in [2.05, 4.69) is 39.4 Å². The number of nitrogens with one attached hydrogen (secondary N) is 1. The smallest absolute Gasteiger partial charge is 0.227 e. The van der Waals surface area contributed by atoms with E-state index < -0.39 is 0 Å². The van der Waals surface area contributed by atoms with E-state index in [0.717, 1.165) is 31.4 Å². The normalized spacial score (nSPS) is 17.1. The predicted octanol–water partition coefficient (Wildman–Crippen LogP) is 4.23. The predicted molar refractivity (Wildman–Crippen MR) is 106 cm³/mol. The van der Waals surface area contributed by atoms with Crippen LogP contribution < -0.4 is 5.32 Å². The fourth-order valence-corrected chi connectivity index (χ4v) is 3.85. The zero-order valence-corrected chi connectivity index (χ0v) is 15.6. The zero-order chi connectivity index (χ0) is 18.6. The van der Waals surface area contributed by atoms with E-state index in [1.807, 2.05) is 49.5 Å². The number of carbonyl (C=O) groups is 1. The fraction of sp³-hybridized carbons (Fsp3) is 0.304. The molecule has 0 saturated heterocycles. The maximum atomic E-state index is 12.8. The number of amides is 1. The largest absolute Gasteiger partial charge is 0.349 e. The molecule has 27 heavy (non-hydrogen) atoms. The molecule has 1 aliphatic rings. The van der Waals surface area contributed by atoms with Gasteiger partial charge in [-0.25, -0.2) is 0 Å². The van der Waals surface area contributed by atoms with Gasteiger partial charge in [0.25, 0.3) is 0 Å². The van der Waals surface area contributed by atoms with Gasteiger partial charge in [-0.2, -0.15) is 5.10 Å². The molecule has 1 aliphatic carbocycles. The number of benzene rings is 2. The van der Waals surface area contributed by atoms with Gasteiger partial charge >= 0.3 is 0 Å². The Hall–Kier alpha value is -2.88. The molecule has 3 aromatic rings. The highest BCUT2D eigenvalue weighted by atomic mass is 16.1. The second-order valence-electron chi connectivity index (χ2n) is 7.28. The SMILES string of the molecule is CC(C(=O)NC1CCCc2c1cnn2Cc1ccccc1)c1ccccc1. The molecule has 2 unspecified atom stereocenters. The van der Waals surface area contributed by atoms with Gasteiger partial charge in [-0.1, -0.05) is 60.7 Å². The lowest BCUT2D eigenvalue weighted by Gasteiger charge is -2.25. The van der Waals surface area contributed by atoms with Crippen LogP contribution in [0.15, 0.2) is 66.9 Å². The molecule has 2 aromatic carbocycles. The van der Waals surface area contributed by atoms with Crippen LogP contribution in [-0.2, 0) is 17.8 Å². The molecule has 0 aliphatic heterocycles. The standard InChI is InChI=1S/C23H25N3O/c1-17(19-11-6-3-7-12-19)23(27)25-21-13-8-14-22-20(21)15-24-26(22)16-18-9-4-2-5-10-18/h2-7,9-12,15,17,21H,8,13-14,16H2,1H3,(H,25,27). The molecule has 4 nitrogen and oxygen atoms in total. The van der Waals surface area contributed by atoms with E-state index in [1.54, 1.807) is 0 Å². The first-order chi connectivity index (χ1) is 13.2. The van der Waals surface area contributed by atoms with Crippen LogP contribution in [0.1, 0.15) is 54.1 Å². The van der Waals surface area contributed by atoms with Crippen molar-refractivity contribution in [3.05, 3.63) is 89.2 Å². The second-order valence-corrected chi connectivity index (χ2v) is 7.28. The molecule has 1 aromatic heterocycles. The Morgan fingerprint density at radius 2 is 1.85 bits per heavy atom. The molecule has 4 rings (SSSR count). The van der Waals surface area contributed by atoms with Crippen molar-refractivity contribution >= 4 is 5.91 Å². The molecule has 0 radical (unpaired) electrons. The number of rotatable bonds is 5. The van der Waals surface area contributed by atoms with E-state index in [9.17, 15) is 4.79 Å². The van der Waals surface area contributed by atoms with Crippen molar-refractivity contribution < 1.29 is 4.79 Å². The van der Waals surface area contributed by atoms with Crippen molar-refractivity contribution in [1.82, 2.24) is 15.1 Å². The van der Waals surface area contributed by atoms with Crippen LogP contribution in [0.4, 0.5) is 0 Å². The first-order valence-corrected chi connectivity index (χ1v) is 9.66. The zero-order valence-electron chi connectivity index (χ0n) is 15.6. The van der Waals surface area contributed by atoms with Crippen LogP contribution in [-0.4, -0.2) is 15.7 Å². The third-order valence-corrected chi connectivity index (χ3v) is 5.45. The van der Waals surface area contributed by atoms with Crippen LogP contribution >= 0.6 is 0 Å². The number of carbonyl (C=O) groups excluding carboxylic acids is 1. The molecule has 1 N–H and O–H groups in total. The first kappa shape index (κ1) is 17.5. The van der Waals surface area contributed by atoms with E-state index in [4.69, 9.17) is 0 Å². The van der Waals surface area contributed by atoms with Crippen LogP contribution in [0.25, 0.3) is 0 Å². The Morgan fingerprint density at radius 3 is 2.59 bits per heavy atom. The maximum absolute atomic E-state index is 12.8. The van der Waals surface area contributed by atoms with Crippen LogP contribution in [0.5, 0.6) is 0 Å². The molecular weight excluding hydrogens is 334 g/mol. The Labute approximate surface area is 160 Å². The Kier molecular flexibility index (Phi) is 5.05. The molecule has 138 valence electrons. The van der Waals surface area contributed by atoms with Gasteiger partial charge in [0.2, 0.25) is 5.91 Å². The number of hydrogen-bond acceptors (Lipinski definition) is 2. The highest BCUT2D eigenvalue weighted by Gasteiger charge is 2.27. The highest BCUT2D eigenvalue weighted by molar-refractivity contribution is 5.83. The molecule has 0 fully saturated rings. The van der Waals surface area contributed by atoms with E-state index in [1.165, 1.54) is 16.8 Å². The lowest BCUT2D eigenvalue weighted by Crippen LogP contribution is -2.33. The lowest BCUT2D eigenvalue weighted by atomic mass is 9.91. The molecule has 2 atom stereocenters. The second kappa shape index (κ2) is 7.78. The minimum absolute atomic E-state index is 0.0527. The molecule has 1 heterocycles. The monoisotopic (exact) mass is 359 g/mol. The summed E-state index contributed by atoms with van der Waals surface area (Å²) in [5.41, 5.74) is 4.71. The average Bonchev–Trinajstić information content (AvgIpc) is 3.13. The summed E-state index contributed by atoms with van der Waals surface area (Å²) in [5.74, 6) is -0.0780. The quantitative estimate of drug-likeness (QED) is 0.741. The number of hydrogen-bond donors (Lipinski definition) is 1. The Balaban J connectivity index is 1.50. The maximum Gasteiger partial charge on any atom is 0.227 e. The molecule has 1 amide bonds. The molecule has 0 bridgehead atoms. The van der Waals surface area contributed by atoms with Gasteiger partial charge in [-0.15, -0.1) is 0 Å². The third kappa shape index (κ3) is 3.80. The molecular formula is C23H25N3O. The van der Waals surface area contributed by atoms with Crippen LogP contribution in [0.3, 0.4) is 0 Å². The lowest BCUT2D eigenvalue weighted by molar-refractivity contribution is -0.123. The molecule has 4 heteroatoms. The topological polar surface area (TPSA) is 46.9 Å². The van der Waals surface area contributed by atoms with Crippen molar-refractivity contribution in [3.8, 4) is 0 Å². The van der Waals surface area contributed by atoms with Gasteiger partial charge in [0.15, 0.2) is 0 Å². The van der Waals surface area contributed by atoms with Crippen molar-refractivity contribution in [1.29, 1.82) is 0 Å². The van der Waals surface area contributed by atoms with Gasteiger partial charge in [0, 0.05) is 11.3 Å². The van der Waals surface area contributed by atoms with Gasteiger partial charge in [-0.3, -0.25) is 9.48 Å². The van der Waals surface area contributed by atoms with Gasteiger partial charge < -0.3 is 5.32 Å². The summed E-state index contributed by atoms with van der Waals surface area (Å²) in [7, 11) is 0. The summed E-state index contributed by atoms with van der Waals surface area (Å²) in [6, 6.07) is 20.4. The van der Waals surface area contributed by atoms with E-state index in [0.29, 0.717) is 0 Å². The summed E-state index contributed by atoms with van der Waals surface area (Å²) in [4.78, 5) is 12.8. The van der Waals surface area contributed by atoms with Gasteiger partial charge in [0.05, 0.1) is 24.7 Å². The average molecular weight is 359 g/mol. The van der Waals surface area contributed by atoms with E-state index in [-0.39, 0.29) is 17.9 Å². The third-order valence-electron chi connectivity index (χ3n) is 5.45. The summed E-state index contributed by atoms with van der Waals surface area (Å²) in [6.07, 6.45) is 4.99. The van der Waals surface area contributed by atoms with Crippen molar-refractivity contribution in [3.63, 3.8) is 0 Å². The minimum atomic E-state index is -0.157. The van der Waals surface area contributed by atoms with E-state index >= 15 is 0 Å². The Morgan fingerprint density at radius 1 is 1.15 bits per heavy atom. The number of aromatic nitrogens is 2. The summed E-state index contributed by atoms with van der Waals surface area (Å²) >= 11 is 0. The summed E-state index contributed by atoms with van der Waals surface area (Å²) in [5, 5.41) is 7.88. The summed E-state index contributed by atoms with van der Waals surface area (Å²) < 4.78 is 2.09. The first-order valence-electron chi connectivity index (χ1n) is 9.66. The minimum Gasteiger partial charge on any atom is -0.349 e. The highest BCUT2D eigenvalue weighted by Crippen LogP contribution is 2.30. The van der Waals surface area contributed by atoms with Crippen LogP contribution in [0, 0.1) is 0 Å². The van der Waals surface area contributed by atoms with Crippen molar-refractivity contribution in [2.75, 3.05) is 0 Å². The van der Waals surface area contributed by atoms with Gasteiger partial charge in [-0.05, 0) is 37.3 Å². The summed E-state index contributed by atoms with van der Waals surface area (Å²) in [6.45, 7) is 2.74. The van der Waals surface area contributed by atoms with Gasteiger partial charge in [0.1, 0.15) is 0 Å². The van der Waals surface area contributed by atoms with Crippen molar-refractivity contribution in [2.24, 2.45) is 0 Å². The number of fused-ring (bicyclic) bond motifs is 1.